The fourth-order valence-electron chi connectivity index (χ4n) is 1.64. The molecule has 0 bridgehead atoms. The van der Waals surface area contributed by atoms with E-state index in [1.165, 1.54) is 18.4 Å². The SMILES string of the molecule is O=S(=O)(NCCC(O)c1ccco1)c1ccccc1. The summed E-state index contributed by atoms with van der Waals surface area (Å²) >= 11 is 0. The molecule has 5 nitrogen and oxygen atoms in total. The van der Waals surface area contributed by atoms with Crippen molar-refractivity contribution >= 4 is 10.0 Å². The molecule has 0 radical (unpaired) electrons. The lowest BCUT2D eigenvalue weighted by Crippen LogP contribution is -2.25. The van der Waals surface area contributed by atoms with Gasteiger partial charge in [0.15, 0.2) is 0 Å². The third-order valence-electron chi connectivity index (χ3n) is 2.63. The summed E-state index contributed by atoms with van der Waals surface area (Å²) in [6.07, 6.45) is 0.903. The van der Waals surface area contributed by atoms with Crippen molar-refractivity contribution in [3.05, 3.63) is 54.5 Å². The molecule has 0 spiro atoms. The lowest BCUT2D eigenvalue weighted by molar-refractivity contribution is 0.142. The molecule has 0 aliphatic rings. The maximum atomic E-state index is 11.9. The topological polar surface area (TPSA) is 79.5 Å². The molecule has 6 heteroatoms. The van der Waals surface area contributed by atoms with E-state index in [2.05, 4.69) is 4.72 Å². The monoisotopic (exact) mass is 281 g/mol. The van der Waals surface area contributed by atoms with Crippen LogP contribution in [0.2, 0.25) is 0 Å². The fourth-order valence-corrected chi connectivity index (χ4v) is 2.70. The molecule has 1 unspecified atom stereocenters. The van der Waals surface area contributed by atoms with Gasteiger partial charge in [0.05, 0.1) is 11.2 Å². The first kappa shape index (κ1) is 13.8. The predicted octanol–water partition coefficient (Wildman–Crippen LogP) is 1.68. The molecule has 102 valence electrons. The van der Waals surface area contributed by atoms with Crippen molar-refractivity contribution < 1.29 is 17.9 Å². The number of nitrogens with one attached hydrogen (secondary N) is 1. The molecule has 1 aromatic carbocycles. The van der Waals surface area contributed by atoms with E-state index in [0.29, 0.717) is 5.76 Å². The molecule has 0 saturated heterocycles. The predicted molar refractivity (Wildman–Crippen MR) is 69.9 cm³/mol. The minimum atomic E-state index is -3.52. The van der Waals surface area contributed by atoms with Gasteiger partial charge in [-0.2, -0.15) is 0 Å². The minimum Gasteiger partial charge on any atom is -0.467 e. The quantitative estimate of drug-likeness (QED) is 0.844. The zero-order valence-corrected chi connectivity index (χ0v) is 11.0. The summed E-state index contributed by atoms with van der Waals surface area (Å²) in [6, 6.07) is 11.4. The molecule has 0 saturated carbocycles. The van der Waals surface area contributed by atoms with Crippen LogP contribution in [0.3, 0.4) is 0 Å². The second-order valence-corrected chi connectivity index (χ2v) is 5.80. The zero-order valence-electron chi connectivity index (χ0n) is 10.2. The van der Waals surface area contributed by atoms with Gasteiger partial charge in [-0.15, -0.1) is 0 Å². The van der Waals surface area contributed by atoms with Crippen LogP contribution in [0.4, 0.5) is 0 Å². The highest BCUT2D eigenvalue weighted by Gasteiger charge is 2.15. The van der Waals surface area contributed by atoms with Gasteiger partial charge in [0, 0.05) is 6.54 Å². The van der Waals surface area contributed by atoms with Crippen molar-refractivity contribution in [2.75, 3.05) is 6.54 Å². The Kier molecular flexibility index (Phi) is 4.36. The van der Waals surface area contributed by atoms with Crippen molar-refractivity contribution in [3.63, 3.8) is 0 Å². The minimum absolute atomic E-state index is 0.138. The van der Waals surface area contributed by atoms with Crippen LogP contribution in [-0.2, 0) is 10.0 Å². The molecule has 1 aromatic heterocycles. The van der Waals surface area contributed by atoms with Crippen LogP contribution in [0.5, 0.6) is 0 Å². The Hall–Kier alpha value is -1.63. The Morgan fingerprint density at radius 1 is 1.16 bits per heavy atom. The van der Waals surface area contributed by atoms with Gasteiger partial charge in [0.25, 0.3) is 0 Å². The first-order valence-corrected chi connectivity index (χ1v) is 7.34. The number of aliphatic hydroxyl groups is 1. The van der Waals surface area contributed by atoms with Crippen LogP contribution in [0.1, 0.15) is 18.3 Å². The number of benzene rings is 1. The van der Waals surface area contributed by atoms with Gasteiger partial charge in [-0.25, -0.2) is 13.1 Å². The molecule has 1 atom stereocenters. The average molecular weight is 281 g/mol. The van der Waals surface area contributed by atoms with Crippen LogP contribution in [0.25, 0.3) is 0 Å². The van der Waals surface area contributed by atoms with Crippen LogP contribution in [0.15, 0.2) is 58.0 Å². The van der Waals surface area contributed by atoms with Crippen molar-refractivity contribution in [3.8, 4) is 0 Å². The molecule has 2 N–H and O–H groups in total. The Morgan fingerprint density at radius 3 is 2.53 bits per heavy atom. The van der Waals surface area contributed by atoms with Gasteiger partial charge >= 0.3 is 0 Å². The van der Waals surface area contributed by atoms with E-state index in [-0.39, 0.29) is 17.9 Å². The normalized spacial score (nSPS) is 13.3. The average Bonchev–Trinajstić information content (AvgIpc) is 2.93. The van der Waals surface area contributed by atoms with Crippen LogP contribution >= 0.6 is 0 Å². The van der Waals surface area contributed by atoms with Gasteiger partial charge in [-0.05, 0) is 30.7 Å². The highest BCUT2D eigenvalue weighted by Crippen LogP contribution is 2.16. The summed E-state index contributed by atoms with van der Waals surface area (Å²) in [7, 11) is -3.52. The van der Waals surface area contributed by atoms with E-state index in [1.54, 1.807) is 30.3 Å². The maximum absolute atomic E-state index is 11.9. The van der Waals surface area contributed by atoms with Crippen molar-refractivity contribution in [2.24, 2.45) is 0 Å². The fraction of sp³-hybridized carbons (Fsp3) is 0.231. The summed E-state index contributed by atoms with van der Waals surface area (Å²) in [5.41, 5.74) is 0. The summed E-state index contributed by atoms with van der Waals surface area (Å²) in [5.74, 6) is 0.430. The number of rotatable bonds is 6. The first-order valence-electron chi connectivity index (χ1n) is 5.86. The third-order valence-corrected chi connectivity index (χ3v) is 4.11. The van der Waals surface area contributed by atoms with Crippen molar-refractivity contribution in [2.45, 2.75) is 17.4 Å². The summed E-state index contributed by atoms with van der Waals surface area (Å²) < 4.78 is 31.2. The largest absolute Gasteiger partial charge is 0.467 e. The van der Waals surface area contributed by atoms with Gasteiger partial charge < -0.3 is 9.52 Å². The molecule has 2 rings (SSSR count). The van der Waals surface area contributed by atoms with Crippen LogP contribution < -0.4 is 4.72 Å². The van der Waals surface area contributed by atoms with E-state index in [9.17, 15) is 13.5 Å². The zero-order chi connectivity index (χ0) is 13.7. The summed E-state index contributed by atoms with van der Waals surface area (Å²) in [4.78, 5) is 0.211. The Labute approximate surface area is 111 Å². The maximum Gasteiger partial charge on any atom is 0.240 e. The standard InChI is InChI=1S/C13H15NO4S/c15-12(13-7-4-10-18-13)8-9-14-19(16,17)11-5-2-1-3-6-11/h1-7,10,12,14-15H,8-9H2. The summed E-state index contributed by atoms with van der Waals surface area (Å²) in [5, 5.41) is 9.75. The summed E-state index contributed by atoms with van der Waals surface area (Å²) in [6.45, 7) is 0.138. The number of furan rings is 1. The second kappa shape index (κ2) is 6.01. The number of sulfonamides is 1. The van der Waals surface area contributed by atoms with E-state index in [0.717, 1.165) is 0 Å². The Bertz CT molecular complexity index is 593. The van der Waals surface area contributed by atoms with Gasteiger partial charge in [0.2, 0.25) is 10.0 Å². The molecular formula is C13H15NO4S. The molecule has 2 aromatic rings. The second-order valence-electron chi connectivity index (χ2n) is 4.03. The first-order chi connectivity index (χ1) is 9.09. The number of hydrogen-bond donors (Lipinski definition) is 2. The van der Waals surface area contributed by atoms with Crippen molar-refractivity contribution in [1.29, 1.82) is 0 Å². The highest BCUT2D eigenvalue weighted by atomic mass is 32.2. The third kappa shape index (κ3) is 3.66. The molecular weight excluding hydrogens is 266 g/mol. The van der Waals surface area contributed by atoms with E-state index >= 15 is 0 Å². The van der Waals surface area contributed by atoms with Crippen molar-refractivity contribution in [1.82, 2.24) is 4.72 Å². The van der Waals surface area contributed by atoms with E-state index in [4.69, 9.17) is 4.42 Å². The number of aliphatic hydroxyl groups excluding tert-OH is 1. The Morgan fingerprint density at radius 2 is 1.89 bits per heavy atom. The molecule has 0 aliphatic carbocycles. The van der Waals surface area contributed by atoms with Gasteiger partial charge in [-0.3, -0.25) is 0 Å². The highest BCUT2D eigenvalue weighted by molar-refractivity contribution is 7.89. The molecule has 0 amide bonds. The molecule has 0 aliphatic heterocycles. The van der Waals surface area contributed by atoms with Gasteiger partial charge in [0.1, 0.15) is 11.9 Å². The number of hydrogen-bond acceptors (Lipinski definition) is 4. The van der Waals surface area contributed by atoms with Gasteiger partial charge in [-0.1, -0.05) is 18.2 Å². The van der Waals surface area contributed by atoms with E-state index < -0.39 is 16.1 Å². The van der Waals surface area contributed by atoms with Crippen LogP contribution in [0, 0.1) is 0 Å². The molecule has 1 heterocycles. The van der Waals surface area contributed by atoms with Crippen LogP contribution in [-0.4, -0.2) is 20.1 Å². The molecule has 19 heavy (non-hydrogen) atoms. The molecule has 0 fully saturated rings. The Balaban J connectivity index is 1.89. The smallest absolute Gasteiger partial charge is 0.240 e. The van der Waals surface area contributed by atoms with E-state index in [1.807, 2.05) is 0 Å². The lowest BCUT2D eigenvalue weighted by Gasteiger charge is -2.09. The lowest BCUT2D eigenvalue weighted by atomic mass is 10.2.